The largest absolute Gasteiger partial charge is 0.354 e. The average Bonchev–Trinajstić information content (AvgIpc) is 2.57. The van der Waals surface area contributed by atoms with Gasteiger partial charge in [0.1, 0.15) is 5.82 Å². The van der Waals surface area contributed by atoms with Crippen molar-refractivity contribution in [3.8, 4) is 0 Å². The summed E-state index contributed by atoms with van der Waals surface area (Å²) < 4.78 is 0. The highest BCUT2D eigenvalue weighted by Crippen LogP contribution is 2.21. The lowest BCUT2D eigenvalue weighted by atomic mass is 10.0. The lowest BCUT2D eigenvalue weighted by Crippen LogP contribution is -2.22. The summed E-state index contributed by atoms with van der Waals surface area (Å²) >= 11 is 0. The SMILES string of the molecule is CCC(CC)C(=O)Nc1ccc(Nc2cccc(NC(C)=O)c2)cn1. The predicted molar refractivity (Wildman–Crippen MR) is 101 cm³/mol. The molecule has 1 heterocycles. The Balaban J connectivity index is 2.01. The zero-order valence-corrected chi connectivity index (χ0v) is 14.8. The fraction of sp³-hybridized carbons (Fsp3) is 0.316. The van der Waals surface area contributed by atoms with Crippen LogP contribution in [0.15, 0.2) is 42.6 Å². The monoisotopic (exact) mass is 340 g/mol. The lowest BCUT2D eigenvalue weighted by molar-refractivity contribution is -0.120. The van der Waals surface area contributed by atoms with Gasteiger partial charge in [0.05, 0.1) is 11.9 Å². The van der Waals surface area contributed by atoms with E-state index in [4.69, 9.17) is 0 Å². The van der Waals surface area contributed by atoms with Crippen molar-refractivity contribution in [1.82, 2.24) is 4.98 Å². The van der Waals surface area contributed by atoms with Crippen molar-refractivity contribution in [2.24, 2.45) is 5.92 Å². The van der Waals surface area contributed by atoms with Gasteiger partial charge in [0.15, 0.2) is 0 Å². The van der Waals surface area contributed by atoms with Crippen molar-refractivity contribution in [1.29, 1.82) is 0 Å². The Kier molecular flexibility index (Phi) is 6.51. The molecular weight excluding hydrogens is 316 g/mol. The van der Waals surface area contributed by atoms with E-state index in [0.29, 0.717) is 5.82 Å². The van der Waals surface area contributed by atoms with Gasteiger partial charge in [-0.1, -0.05) is 19.9 Å². The number of nitrogens with zero attached hydrogens (tertiary/aromatic N) is 1. The van der Waals surface area contributed by atoms with E-state index < -0.39 is 0 Å². The predicted octanol–water partition coefficient (Wildman–Crippen LogP) is 4.16. The molecule has 25 heavy (non-hydrogen) atoms. The molecular formula is C19H24N4O2. The molecule has 0 aliphatic heterocycles. The molecule has 0 aliphatic carbocycles. The minimum atomic E-state index is -0.114. The Morgan fingerprint density at radius 2 is 1.72 bits per heavy atom. The Labute approximate surface area is 148 Å². The molecule has 0 unspecified atom stereocenters. The third kappa shape index (κ3) is 5.60. The van der Waals surface area contributed by atoms with Gasteiger partial charge in [-0.15, -0.1) is 0 Å². The minimum absolute atomic E-state index is 0.00113. The normalized spacial score (nSPS) is 10.4. The molecule has 132 valence electrons. The first-order valence-corrected chi connectivity index (χ1v) is 8.43. The molecule has 0 fully saturated rings. The molecule has 6 nitrogen and oxygen atoms in total. The van der Waals surface area contributed by atoms with Gasteiger partial charge in [-0.2, -0.15) is 0 Å². The van der Waals surface area contributed by atoms with Gasteiger partial charge >= 0.3 is 0 Å². The smallest absolute Gasteiger partial charge is 0.228 e. The van der Waals surface area contributed by atoms with Crippen LogP contribution >= 0.6 is 0 Å². The van der Waals surface area contributed by atoms with Gasteiger partial charge in [-0.05, 0) is 43.2 Å². The molecule has 6 heteroatoms. The second kappa shape index (κ2) is 8.82. The van der Waals surface area contributed by atoms with Crippen LogP contribution in [-0.4, -0.2) is 16.8 Å². The molecule has 2 rings (SSSR count). The fourth-order valence-corrected chi connectivity index (χ4v) is 2.47. The van der Waals surface area contributed by atoms with Crippen LogP contribution < -0.4 is 16.0 Å². The first kappa shape index (κ1) is 18.4. The second-order valence-corrected chi connectivity index (χ2v) is 5.82. The summed E-state index contributed by atoms with van der Waals surface area (Å²) in [6.45, 7) is 5.48. The Bertz CT molecular complexity index is 724. The summed E-state index contributed by atoms with van der Waals surface area (Å²) in [5.74, 6) is 0.433. The van der Waals surface area contributed by atoms with Crippen molar-refractivity contribution in [3.05, 3.63) is 42.6 Å². The van der Waals surface area contributed by atoms with Crippen LogP contribution in [-0.2, 0) is 9.59 Å². The topological polar surface area (TPSA) is 83.1 Å². The van der Waals surface area contributed by atoms with Gasteiger partial charge in [0.2, 0.25) is 11.8 Å². The number of rotatable bonds is 7. The number of pyridine rings is 1. The molecule has 2 amide bonds. The summed E-state index contributed by atoms with van der Waals surface area (Å²) in [4.78, 5) is 27.5. The highest BCUT2D eigenvalue weighted by atomic mass is 16.2. The van der Waals surface area contributed by atoms with Gasteiger partial charge in [-0.25, -0.2) is 4.98 Å². The number of hydrogen-bond donors (Lipinski definition) is 3. The maximum atomic E-state index is 12.1. The first-order valence-electron chi connectivity index (χ1n) is 8.43. The van der Waals surface area contributed by atoms with Crippen molar-refractivity contribution >= 4 is 34.7 Å². The van der Waals surface area contributed by atoms with E-state index in [1.807, 2.05) is 44.2 Å². The van der Waals surface area contributed by atoms with Crippen LogP contribution in [0.3, 0.4) is 0 Å². The van der Waals surface area contributed by atoms with E-state index in [0.717, 1.165) is 29.9 Å². The van der Waals surface area contributed by atoms with Gasteiger partial charge in [0, 0.05) is 24.2 Å². The number of hydrogen-bond acceptors (Lipinski definition) is 4. The molecule has 0 saturated heterocycles. The average molecular weight is 340 g/mol. The molecule has 0 radical (unpaired) electrons. The van der Waals surface area contributed by atoms with Gasteiger partial charge < -0.3 is 16.0 Å². The molecule has 0 saturated carbocycles. The molecule has 0 aliphatic rings. The number of benzene rings is 1. The minimum Gasteiger partial charge on any atom is -0.354 e. The highest BCUT2D eigenvalue weighted by Gasteiger charge is 2.14. The standard InChI is InChI=1S/C19H24N4O2/c1-4-14(5-2)19(25)23-18-10-9-17(12-20-18)22-16-8-6-7-15(11-16)21-13(3)24/h6-12,14,22H,4-5H2,1-3H3,(H,21,24)(H,20,23,25). The van der Waals surface area contributed by atoms with Crippen molar-refractivity contribution < 1.29 is 9.59 Å². The number of anilines is 4. The third-order valence-corrected chi connectivity index (χ3v) is 3.84. The number of amides is 2. The van der Waals surface area contributed by atoms with E-state index in [9.17, 15) is 9.59 Å². The highest BCUT2D eigenvalue weighted by molar-refractivity contribution is 5.91. The zero-order chi connectivity index (χ0) is 18.2. The maximum Gasteiger partial charge on any atom is 0.228 e. The molecule has 0 bridgehead atoms. The van der Waals surface area contributed by atoms with Gasteiger partial charge in [0.25, 0.3) is 0 Å². The molecule has 1 aromatic heterocycles. The van der Waals surface area contributed by atoms with Gasteiger partial charge in [-0.3, -0.25) is 9.59 Å². The van der Waals surface area contributed by atoms with Crippen molar-refractivity contribution in [3.63, 3.8) is 0 Å². The van der Waals surface area contributed by atoms with E-state index in [1.54, 1.807) is 12.3 Å². The molecule has 3 N–H and O–H groups in total. The summed E-state index contributed by atoms with van der Waals surface area (Å²) in [5.41, 5.74) is 2.35. The Morgan fingerprint density at radius 3 is 2.32 bits per heavy atom. The van der Waals surface area contributed by atoms with E-state index >= 15 is 0 Å². The van der Waals surface area contributed by atoms with Crippen LogP contribution in [0.4, 0.5) is 22.9 Å². The molecule has 0 atom stereocenters. The van der Waals surface area contributed by atoms with E-state index in [1.165, 1.54) is 6.92 Å². The lowest BCUT2D eigenvalue weighted by Gasteiger charge is -2.13. The Morgan fingerprint density at radius 1 is 1.00 bits per heavy atom. The van der Waals surface area contributed by atoms with Crippen LogP contribution in [0.2, 0.25) is 0 Å². The summed E-state index contributed by atoms with van der Waals surface area (Å²) in [5, 5.41) is 8.80. The first-order chi connectivity index (χ1) is 12.0. The second-order valence-electron chi connectivity index (χ2n) is 5.82. The maximum absolute atomic E-state index is 12.1. The van der Waals surface area contributed by atoms with Crippen LogP contribution in [0.1, 0.15) is 33.6 Å². The summed E-state index contributed by atoms with van der Waals surface area (Å²) in [6, 6.07) is 11.0. The van der Waals surface area contributed by atoms with E-state index in [-0.39, 0.29) is 17.7 Å². The zero-order valence-electron chi connectivity index (χ0n) is 14.8. The number of nitrogens with one attached hydrogen (secondary N) is 3. The molecule has 2 aromatic rings. The number of carbonyl (C=O) groups is 2. The van der Waals surface area contributed by atoms with Crippen LogP contribution in [0, 0.1) is 5.92 Å². The summed E-state index contributed by atoms with van der Waals surface area (Å²) in [7, 11) is 0. The fourth-order valence-electron chi connectivity index (χ4n) is 2.47. The number of aromatic nitrogens is 1. The quantitative estimate of drug-likeness (QED) is 0.707. The van der Waals surface area contributed by atoms with Crippen LogP contribution in [0.25, 0.3) is 0 Å². The molecule has 0 spiro atoms. The summed E-state index contributed by atoms with van der Waals surface area (Å²) in [6.07, 6.45) is 3.28. The van der Waals surface area contributed by atoms with Crippen molar-refractivity contribution in [2.45, 2.75) is 33.6 Å². The van der Waals surface area contributed by atoms with Crippen LogP contribution in [0.5, 0.6) is 0 Å². The van der Waals surface area contributed by atoms with E-state index in [2.05, 4.69) is 20.9 Å². The molecule has 1 aromatic carbocycles. The Hall–Kier alpha value is -2.89. The van der Waals surface area contributed by atoms with Crippen molar-refractivity contribution in [2.75, 3.05) is 16.0 Å². The number of carbonyl (C=O) groups excluding carboxylic acids is 2. The third-order valence-electron chi connectivity index (χ3n) is 3.84.